The summed E-state index contributed by atoms with van der Waals surface area (Å²) in [5.41, 5.74) is 0. The van der Waals surface area contributed by atoms with Crippen LogP contribution in [0.3, 0.4) is 0 Å². The fraction of sp³-hybridized carbons (Fsp3) is 0.714. The Balaban J connectivity index is 2.22. The van der Waals surface area contributed by atoms with E-state index < -0.39 is 42.4 Å². The molecule has 1 fully saturated rings. The lowest BCUT2D eigenvalue weighted by molar-refractivity contribution is -0.237. The van der Waals surface area contributed by atoms with Crippen molar-refractivity contribution in [2.45, 2.75) is 57.5 Å². The fourth-order valence-corrected chi connectivity index (χ4v) is 3.80. The number of fused-ring (bicyclic) bond motifs is 1. The van der Waals surface area contributed by atoms with Crippen LogP contribution in [0.15, 0.2) is 4.99 Å². The zero-order valence-electron chi connectivity index (χ0n) is 13.3. The van der Waals surface area contributed by atoms with Crippen molar-refractivity contribution in [2.24, 2.45) is 4.99 Å². The van der Waals surface area contributed by atoms with Gasteiger partial charge in [-0.25, -0.2) is 0 Å². The highest BCUT2D eigenvalue weighted by Gasteiger charge is 2.52. The van der Waals surface area contributed by atoms with E-state index in [2.05, 4.69) is 4.99 Å². The molecule has 0 amide bonds. The van der Waals surface area contributed by atoms with Gasteiger partial charge in [0.1, 0.15) is 24.9 Å². The summed E-state index contributed by atoms with van der Waals surface area (Å²) in [5.74, 6) is -1.45. The molecule has 2 aliphatic heterocycles. The molecule has 0 aliphatic carbocycles. The predicted molar refractivity (Wildman–Crippen MR) is 80.9 cm³/mol. The maximum Gasteiger partial charge on any atom is 0.305 e. The largest absolute Gasteiger partial charge is 0.463 e. The van der Waals surface area contributed by atoms with Crippen molar-refractivity contribution in [3.05, 3.63) is 0 Å². The molecule has 1 saturated heterocycles. The van der Waals surface area contributed by atoms with Gasteiger partial charge in [0.2, 0.25) is 6.29 Å². The molecule has 2 heterocycles. The third-order valence-corrected chi connectivity index (χ3v) is 4.55. The SMILES string of the molecule is CC(=O)OC[C@H]1O[C@H](OC(C)=O)[C@H]2N=C(C)S[C@H]2[C@@H]1OC(C)=O. The van der Waals surface area contributed by atoms with Gasteiger partial charge in [-0.15, -0.1) is 11.8 Å². The smallest absolute Gasteiger partial charge is 0.305 e. The van der Waals surface area contributed by atoms with Gasteiger partial charge in [-0.1, -0.05) is 0 Å². The zero-order chi connectivity index (χ0) is 17.1. The Morgan fingerprint density at radius 3 is 2.35 bits per heavy atom. The Bertz CT molecular complexity index is 535. The maximum atomic E-state index is 11.4. The van der Waals surface area contributed by atoms with Crippen LogP contribution in [0.1, 0.15) is 27.7 Å². The molecule has 2 rings (SSSR count). The molecule has 0 radical (unpaired) electrons. The third kappa shape index (κ3) is 4.44. The van der Waals surface area contributed by atoms with Crippen molar-refractivity contribution < 1.29 is 33.3 Å². The van der Waals surface area contributed by atoms with E-state index in [0.29, 0.717) is 0 Å². The standard InChI is InChI=1S/C14H19NO7S/c1-6-15-11-13(23-6)12(20-8(3)17)10(5-19-7(2)16)22-14(11)21-9(4)18/h10-14H,5H2,1-4H3/t10-,11+,12-,13-,14+/m1/s1. The van der Waals surface area contributed by atoms with Crippen LogP contribution in [0.25, 0.3) is 0 Å². The summed E-state index contributed by atoms with van der Waals surface area (Å²) in [5, 5.41) is 0.517. The number of hydrogen-bond acceptors (Lipinski definition) is 9. The van der Waals surface area contributed by atoms with Gasteiger partial charge in [0.25, 0.3) is 0 Å². The van der Waals surface area contributed by atoms with Crippen LogP contribution in [-0.2, 0) is 33.3 Å². The number of carbonyl (C=O) groups is 3. The summed E-state index contributed by atoms with van der Waals surface area (Å²) in [6.45, 7) is 5.56. The van der Waals surface area contributed by atoms with E-state index in [-0.39, 0.29) is 11.9 Å². The molecule has 0 spiro atoms. The summed E-state index contributed by atoms with van der Waals surface area (Å²) < 4.78 is 21.2. The van der Waals surface area contributed by atoms with Crippen molar-refractivity contribution in [3.63, 3.8) is 0 Å². The number of ether oxygens (including phenoxy) is 4. The molecule has 0 bridgehead atoms. The maximum absolute atomic E-state index is 11.4. The lowest BCUT2D eigenvalue weighted by atomic mass is 10.00. The molecule has 0 N–H and O–H groups in total. The van der Waals surface area contributed by atoms with Gasteiger partial charge >= 0.3 is 17.9 Å². The number of rotatable bonds is 4. The zero-order valence-corrected chi connectivity index (χ0v) is 14.1. The minimum absolute atomic E-state index is 0.103. The number of carbonyl (C=O) groups excluding carboxylic acids is 3. The highest BCUT2D eigenvalue weighted by molar-refractivity contribution is 8.14. The van der Waals surface area contributed by atoms with Crippen molar-refractivity contribution in [1.82, 2.24) is 0 Å². The average molecular weight is 345 g/mol. The fourth-order valence-electron chi connectivity index (χ4n) is 2.53. The quantitative estimate of drug-likeness (QED) is 0.541. The Morgan fingerprint density at radius 2 is 1.78 bits per heavy atom. The van der Waals surface area contributed by atoms with E-state index in [9.17, 15) is 14.4 Å². The molecule has 23 heavy (non-hydrogen) atoms. The minimum atomic E-state index is -0.908. The molecular weight excluding hydrogens is 326 g/mol. The van der Waals surface area contributed by atoms with Crippen molar-refractivity contribution in [2.75, 3.05) is 6.61 Å². The first kappa shape index (κ1) is 17.7. The summed E-state index contributed by atoms with van der Waals surface area (Å²) in [7, 11) is 0. The molecule has 0 aromatic carbocycles. The van der Waals surface area contributed by atoms with E-state index >= 15 is 0 Å². The summed E-state index contributed by atoms with van der Waals surface area (Å²) in [4.78, 5) is 38.2. The van der Waals surface area contributed by atoms with Gasteiger partial charge in [-0.05, 0) is 6.92 Å². The van der Waals surface area contributed by atoms with Crippen LogP contribution in [0.4, 0.5) is 0 Å². The number of aliphatic imine (C=N–C) groups is 1. The summed E-state index contributed by atoms with van der Waals surface area (Å²) >= 11 is 1.43. The Labute approximate surface area is 137 Å². The van der Waals surface area contributed by atoms with Gasteiger partial charge in [0, 0.05) is 20.8 Å². The Hall–Kier alpha value is -1.61. The Kier molecular flexibility index (Phi) is 5.64. The molecule has 2 aliphatic rings. The van der Waals surface area contributed by atoms with Gasteiger partial charge in [-0.2, -0.15) is 0 Å². The van der Waals surface area contributed by atoms with Crippen LogP contribution in [0, 0.1) is 0 Å². The highest BCUT2D eigenvalue weighted by Crippen LogP contribution is 2.39. The van der Waals surface area contributed by atoms with Crippen LogP contribution in [0.2, 0.25) is 0 Å². The summed E-state index contributed by atoms with van der Waals surface area (Å²) in [6.07, 6.45) is -2.30. The highest BCUT2D eigenvalue weighted by atomic mass is 32.2. The Morgan fingerprint density at radius 1 is 1.13 bits per heavy atom. The van der Waals surface area contributed by atoms with Gasteiger partial charge in [-0.3, -0.25) is 19.4 Å². The molecule has 0 unspecified atom stereocenters. The number of nitrogens with zero attached hydrogens (tertiary/aromatic N) is 1. The molecule has 0 saturated carbocycles. The average Bonchev–Trinajstić information content (AvgIpc) is 2.80. The van der Waals surface area contributed by atoms with Crippen molar-refractivity contribution in [3.8, 4) is 0 Å². The van der Waals surface area contributed by atoms with Crippen molar-refractivity contribution in [1.29, 1.82) is 0 Å². The first-order valence-corrected chi connectivity index (χ1v) is 8.00. The predicted octanol–water partition coefficient (Wildman–Crippen LogP) is 0.672. The van der Waals surface area contributed by atoms with Crippen LogP contribution >= 0.6 is 11.8 Å². The second kappa shape index (κ2) is 7.31. The number of esters is 3. The van der Waals surface area contributed by atoms with E-state index in [1.165, 1.54) is 32.5 Å². The van der Waals surface area contributed by atoms with Crippen LogP contribution in [-0.4, -0.2) is 59.3 Å². The molecule has 5 atom stereocenters. The van der Waals surface area contributed by atoms with Gasteiger partial charge in [0.05, 0.1) is 10.3 Å². The van der Waals surface area contributed by atoms with Crippen LogP contribution < -0.4 is 0 Å². The second-order valence-electron chi connectivity index (χ2n) is 5.25. The van der Waals surface area contributed by atoms with E-state index in [1.807, 2.05) is 6.92 Å². The third-order valence-electron chi connectivity index (χ3n) is 3.29. The number of thioether (sulfide) groups is 1. The first-order valence-electron chi connectivity index (χ1n) is 7.12. The van der Waals surface area contributed by atoms with Crippen LogP contribution in [0.5, 0.6) is 0 Å². The topological polar surface area (TPSA) is 100 Å². The normalized spacial score (nSPS) is 32.5. The molecule has 9 heteroatoms. The second-order valence-corrected chi connectivity index (χ2v) is 6.62. The molecule has 0 aromatic heterocycles. The van der Waals surface area contributed by atoms with Gasteiger partial charge < -0.3 is 18.9 Å². The lowest BCUT2D eigenvalue weighted by Gasteiger charge is -2.41. The molecular formula is C14H19NO7S. The van der Waals surface area contributed by atoms with Gasteiger partial charge in [0.15, 0.2) is 0 Å². The number of hydrogen-bond donors (Lipinski definition) is 0. The minimum Gasteiger partial charge on any atom is -0.463 e. The summed E-state index contributed by atoms with van der Waals surface area (Å²) in [6, 6.07) is -0.471. The van der Waals surface area contributed by atoms with E-state index in [0.717, 1.165) is 5.04 Å². The van der Waals surface area contributed by atoms with E-state index in [4.69, 9.17) is 18.9 Å². The van der Waals surface area contributed by atoms with Crippen molar-refractivity contribution >= 4 is 34.7 Å². The first-order chi connectivity index (χ1) is 10.8. The lowest BCUT2D eigenvalue weighted by Crippen LogP contribution is -2.58. The monoisotopic (exact) mass is 345 g/mol. The molecule has 8 nitrogen and oxygen atoms in total. The van der Waals surface area contributed by atoms with E-state index in [1.54, 1.807) is 0 Å². The molecule has 0 aromatic rings. The molecule has 128 valence electrons.